The molecule has 1 aromatic carbocycles. The van der Waals surface area contributed by atoms with Gasteiger partial charge in [-0.3, -0.25) is 9.69 Å². The number of hydrogen-bond acceptors (Lipinski definition) is 5. The van der Waals surface area contributed by atoms with Crippen molar-refractivity contribution in [3.05, 3.63) is 59.5 Å². The number of carbonyl (C=O) groups excluding carboxylic acids is 1. The first kappa shape index (κ1) is 17.7. The largest absolute Gasteiger partial charge is 0.467 e. The van der Waals surface area contributed by atoms with Crippen molar-refractivity contribution < 1.29 is 19.1 Å². The second kappa shape index (κ2) is 8.29. The summed E-state index contributed by atoms with van der Waals surface area (Å²) in [5.41, 5.74) is 2.39. The van der Waals surface area contributed by atoms with Gasteiger partial charge in [0.15, 0.2) is 0 Å². The van der Waals surface area contributed by atoms with Gasteiger partial charge in [-0.25, -0.2) is 0 Å². The molecule has 0 spiro atoms. The van der Waals surface area contributed by atoms with Crippen molar-refractivity contribution in [1.82, 2.24) is 10.2 Å². The average molecular weight is 344 g/mol. The quantitative estimate of drug-likeness (QED) is 0.793. The Morgan fingerprint density at radius 3 is 2.88 bits per heavy atom. The number of β-amino-alcohol motifs (C(OH)–C–C–N with tert-alkyl or cyclic N) is 1. The standard InChI is InChI=1S/C19H24N2O4/c1-20-19(23)18-9-14-5-2-3-6-15(14)10-21(18)11-16(22)12-24-13-17-7-4-8-25-17/h2-8,16,18,22H,9-13H2,1H3,(H,20,23)/t16-,18-/m1/s1. The number of furan rings is 1. The molecule has 1 aromatic heterocycles. The number of likely N-dealkylation sites (N-methyl/N-ethyl adjacent to an activating group) is 1. The lowest BCUT2D eigenvalue weighted by Crippen LogP contribution is -2.52. The highest BCUT2D eigenvalue weighted by Gasteiger charge is 2.31. The van der Waals surface area contributed by atoms with E-state index in [0.29, 0.717) is 26.1 Å². The molecule has 0 aliphatic carbocycles. The van der Waals surface area contributed by atoms with E-state index in [0.717, 1.165) is 5.76 Å². The lowest BCUT2D eigenvalue weighted by molar-refractivity contribution is -0.127. The Hall–Kier alpha value is -2.15. The summed E-state index contributed by atoms with van der Waals surface area (Å²) >= 11 is 0. The first-order valence-electron chi connectivity index (χ1n) is 8.48. The van der Waals surface area contributed by atoms with Crippen LogP contribution in [0.2, 0.25) is 0 Å². The Morgan fingerprint density at radius 2 is 2.16 bits per heavy atom. The number of nitrogens with zero attached hydrogens (tertiary/aromatic N) is 1. The van der Waals surface area contributed by atoms with Crippen molar-refractivity contribution in [3.8, 4) is 0 Å². The van der Waals surface area contributed by atoms with Gasteiger partial charge in [0.05, 0.1) is 25.0 Å². The number of aliphatic hydroxyl groups excluding tert-OH is 1. The third kappa shape index (κ3) is 4.48. The summed E-state index contributed by atoms with van der Waals surface area (Å²) in [5, 5.41) is 13.0. The summed E-state index contributed by atoms with van der Waals surface area (Å²) in [7, 11) is 1.64. The van der Waals surface area contributed by atoms with Gasteiger partial charge in [0.1, 0.15) is 12.4 Å². The second-order valence-corrected chi connectivity index (χ2v) is 6.28. The molecule has 2 heterocycles. The van der Waals surface area contributed by atoms with Crippen molar-refractivity contribution in [2.45, 2.75) is 31.7 Å². The lowest BCUT2D eigenvalue weighted by Gasteiger charge is -2.36. The predicted octanol–water partition coefficient (Wildman–Crippen LogP) is 1.33. The highest BCUT2D eigenvalue weighted by atomic mass is 16.5. The number of carbonyl (C=O) groups is 1. The van der Waals surface area contributed by atoms with Crippen molar-refractivity contribution in [3.63, 3.8) is 0 Å². The van der Waals surface area contributed by atoms with Crippen molar-refractivity contribution in [2.24, 2.45) is 0 Å². The normalized spacial score (nSPS) is 18.6. The maximum atomic E-state index is 12.3. The SMILES string of the molecule is CNC(=O)[C@H]1Cc2ccccc2CN1C[C@@H](O)COCc1ccco1. The van der Waals surface area contributed by atoms with Gasteiger partial charge in [-0.1, -0.05) is 24.3 Å². The highest BCUT2D eigenvalue weighted by Crippen LogP contribution is 2.23. The van der Waals surface area contributed by atoms with E-state index in [1.54, 1.807) is 19.4 Å². The lowest BCUT2D eigenvalue weighted by atomic mass is 9.93. The number of rotatable bonds is 7. The minimum atomic E-state index is -0.674. The Balaban J connectivity index is 1.59. The van der Waals surface area contributed by atoms with Gasteiger partial charge >= 0.3 is 0 Å². The summed E-state index contributed by atoms with van der Waals surface area (Å²) in [6.45, 7) is 1.54. The van der Waals surface area contributed by atoms with Gasteiger partial charge in [0.25, 0.3) is 0 Å². The molecule has 1 amide bonds. The molecule has 134 valence electrons. The predicted molar refractivity (Wildman–Crippen MR) is 92.8 cm³/mol. The van der Waals surface area contributed by atoms with Gasteiger partial charge in [0.2, 0.25) is 5.91 Å². The van der Waals surface area contributed by atoms with Crippen LogP contribution in [0.15, 0.2) is 47.1 Å². The van der Waals surface area contributed by atoms with E-state index in [-0.39, 0.29) is 18.6 Å². The van der Waals surface area contributed by atoms with E-state index in [4.69, 9.17) is 9.15 Å². The Kier molecular flexibility index (Phi) is 5.86. The maximum absolute atomic E-state index is 12.3. The maximum Gasteiger partial charge on any atom is 0.237 e. The smallest absolute Gasteiger partial charge is 0.237 e. The van der Waals surface area contributed by atoms with Crippen LogP contribution in [0.1, 0.15) is 16.9 Å². The van der Waals surface area contributed by atoms with Crippen molar-refractivity contribution in [1.29, 1.82) is 0 Å². The summed E-state index contributed by atoms with van der Waals surface area (Å²) in [6.07, 6.45) is 1.57. The summed E-state index contributed by atoms with van der Waals surface area (Å²) in [6, 6.07) is 11.5. The van der Waals surface area contributed by atoms with E-state index < -0.39 is 6.10 Å². The van der Waals surface area contributed by atoms with Crippen LogP contribution >= 0.6 is 0 Å². The van der Waals surface area contributed by atoms with Crippen LogP contribution in [0.25, 0.3) is 0 Å². The van der Waals surface area contributed by atoms with Gasteiger partial charge in [0, 0.05) is 20.1 Å². The van der Waals surface area contributed by atoms with E-state index in [9.17, 15) is 9.90 Å². The molecule has 0 saturated heterocycles. The average Bonchev–Trinajstić information content (AvgIpc) is 3.14. The number of nitrogens with one attached hydrogen (secondary N) is 1. The van der Waals surface area contributed by atoms with Gasteiger partial charge in [-0.05, 0) is 29.7 Å². The van der Waals surface area contributed by atoms with Gasteiger partial charge in [-0.15, -0.1) is 0 Å². The van der Waals surface area contributed by atoms with Crippen LogP contribution in [0.3, 0.4) is 0 Å². The third-order valence-corrected chi connectivity index (χ3v) is 4.47. The van der Waals surface area contributed by atoms with E-state index >= 15 is 0 Å². The zero-order chi connectivity index (χ0) is 17.6. The van der Waals surface area contributed by atoms with E-state index in [1.165, 1.54) is 11.1 Å². The molecule has 2 N–H and O–H groups in total. The minimum Gasteiger partial charge on any atom is -0.467 e. The first-order valence-corrected chi connectivity index (χ1v) is 8.48. The molecule has 0 bridgehead atoms. The molecular weight excluding hydrogens is 320 g/mol. The van der Waals surface area contributed by atoms with Crippen LogP contribution in [-0.4, -0.2) is 48.3 Å². The topological polar surface area (TPSA) is 74.9 Å². The highest BCUT2D eigenvalue weighted by molar-refractivity contribution is 5.82. The van der Waals surface area contributed by atoms with Crippen molar-refractivity contribution in [2.75, 3.05) is 20.2 Å². The summed E-state index contributed by atoms with van der Waals surface area (Å²) in [4.78, 5) is 14.3. The Bertz CT molecular complexity index is 686. The summed E-state index contributed by atoms with van der Waals surface area (Å²) < 4.78 is 10.7. The molecule has 1 aliphatic heterocycles. The minimum absolute atomic E-state index is 0.0294. The van der Waals surface area contributed by atoms with Crippen LogP contribution in [0.5, 0.6) is 0 Å². The number of benzene rings is 1. The number of aliphatic hydroxyl groups is 1. The number of hydrogen-bond donors (Lipinski definition) is 2. The number of fused-ring (bicyclic) bond motifs is 1. The van der Waals surface area contributed by atoms with Crippen LogP contribution < -0.4 is 5.32 Å². The zero-order valence-electron chi connectivity index (χ0n) is 14.4. The molecule has 0 saturated carbocycles. The fraction of sp³-hybridized carbons (Fsp3) is 0.421. The second-order valence-electron chi connectivity index (χ2n) is 6.28. The Labute approximate surface area is 147 Å². The van der Waals surface area contributed by atoms with Crippen LogP contribution in [0.4, 0.5) is 0 Å². The molecule has 25 heavy (non-hydrogen) atoms. The Morgan fingerprint density at radius 1 is 1.36 bits per heavy atom. The third-order valence-electron chi connectivity index (χ3n) is 4.47. The van der Waals surface area contributed by atoms with Gasteiger partial charge in [-0.2, -0.15) is 0 Å². The molecule has 2 atom stereocenters. The fourth-order valence-corrected chi connectivity index (χ4v) is 3.21. The summed E-state index contributed by atoms with van der Waals surface area (Å²) in [5.74, 6) is 0.695. The first-order chi connectivity index (χ1) is 12.2. The van der Waals surface area contributed by atoms with Crippen LogP contribution in [-0.2, 0) is 29.1 Å². The molecule has 6 nitrogen and oxygen atoms in total. The van der Waals surface area contributed by atoms with Gasteiger partial charge < -0.3 is 19.6 Å². The fourth-order valence-electron chi connectivity index (χ4n) is 3.21. The molecule has 6 heteroatoms. The molecule has 3 rings (SSSR count). The van der Waals surface area contributed by atoms with Crippen LogP contribution in [0, 0.1) is 0 Å². The molecule has 0 fully saturated rings. The monoisotopic (exact) mass is 344 g/mol. The van der Waals surface area contributed by atoms with Crippen molar-refractivity contribution >= 4 is 5.91 Å². The molecule has 2 aromatic rings. The molecule has 0 radical (unpaired) electrons. The number of ether oxygens (including phenoxy) is 1. The zero-order valence-corrected chi connectivity index (χ0v) is 14.4. The van der Waals surface area contributed by atoms with E-state index in [2.05, 4.69) is 17.4 Å². The number of amides is 1. The molecule has 0 unspecified atom stereocenters. The van der Waals surface area contributed by atoms with E-state index in [1.807, 2.05) is 23.1 Å². The molecule has 1 aliphatic rings. The molecular formula is C19H24N2O4.